The van der Waals surface area contributed by atoms with Gasteiger partial charge in [0.15, 0.2) is 0 Å². The third kappa shape index (κ3) is 3.67. The largest absolute Gasteiger partial charge is 0.389 e. The lowest BCUT2D eigenvalue weighted by Crippen LogP contribution is -2.33. The summed E-state index contributed by atoms with van der Waals surface area (Å²) in [5, 5.41) is 2.58. The van der Waals surface area contributed by atoms with E-state index in [-0.39, 0.29) is 5.91 Å². The summed E-state index contributed by atoms with van der Waals surface area (Å²) in [5.74, 6) is -0.0437. The van der Waals surface area contributed by atoms with Crippen molar-refractivity contribution in [2.24, 2.45) is 5.73 Å². The van der Waals surface area contributed by atoms with Crippen LogP contribution < -0.4 is 16.0 Å². The van der Waals surface area contributed by atoms with Crippen molar-refractivity contribution in [2.45, 2.75) is 0 Å². The van der Waals surface area contributed by atoms with E-state index in [0.29, 0.717) is 11.5 Å². The molecular formula is C11H14BrN3OS. The fourth-order valence-corrected chi connectivity index (χ4v) is 2.16. The number of hydrogen-bond acceptors (Lipinski definition) is 3. The molecular weight excluding hydrogens is 302 g/mol. The third-order valence-electron chi connectivity index (χ3n) is 2.30. The van der Waals surface area contributed by atoms with Gasteiger partial charge in [0.05, 0.1) is 12.2 Å². The van der Waals surface area contributed by atoms with Crippen LogP contribution in [-0.2, 0) is 4.79 Å². The third-order valence-corrected chi connectivity index (χ3v) is 3.17. The zero-order valence-electron chi connectivity index (χ0n) is 9.66. The van der Waals surface area contributed by atoms with E-state index in [4.69, 9.17) is 18.0 Å². The molecule has 1 rings (SSSR count). The van der Waals surface area contributed by atoms with Crippen LogP contribution in [0.5, 0.6) is 0 Å². The van der Waals surface area contributed by atoms with Gasteiger partial charge < -0.3 is 16.0 Å². The Morgan fingerprint density at radius 2 is 2.24 bits per heavy atom. The van der Waals surface area contributed by atoms with Crippen LogP contribution in [0.25, 0.3) is 0 Å². The Morgan fingerprint density at radius 1 is 1.59 bits per heavy atom. The number of rotatable bonds is 4. The van der Waals surface area contributed by atoms with Crippen LogP contribution in [0, 0.1) is 0 Å². The normalized spacial score (nSPS) is 9.82. The molecule has 1 aromatic rings. The number of carbonyl (C=O) groups is 1. The predicted octanol–water partition coefficient (Wildman–Crippen LogP) is 1.27. The van der Waals surface area contributed by atoms with E-state index in [1.165, 1.54) is 0 Å². The van der Waals surface area contributed by atoms with E-state index in [2.05, 4.69) is 21.2 Å². The zero-order valence-corrected chi connectivity index (χ0v) is 12.1. The molecule has 0 bridgehead atoms. The Balaban J connectivity index is 2.92. The summed E-state index contributed by atoms with van der Waals surface area (Å²) >= 11 is 8.34. The average molecular weight is 316 g/mol. The predicted molar refractivity (Wildman–Crippen MR) is 77.4 cm³/mol. The number of nitrogens with zero attached hydrogens (tertiary/aromatic N) is 1. The molecule has 0 fully saturated rings. The molecule has 0 saturated heterocycles. The van der Waals surface area contributed by atoms with Gasteiger partial charge in [-0.05, 0) is 34.1 Å². The number of likely N-dealkylation sites (N-methyl/N-ethyl adjacent to an activating group) is 2. The lowest BCUT2D eigenvalue weighted by molar-refractivity contribution is -0.119. The van der Waals surface area contributed by atoms with Crippen molar-refractivity contribution in [3.05, 3.63) is 28.2 Å². The first-order chi connectivity index (χ1) is 7.95. The van der Waals surface area contributed by atoms with Gasteiger partial charge in [-0.2, -0.15) is 0 Å². The molecule has 17 heavy (non-hydrogen) atoms. The number of nitrogens with one attached hydrogen (secondary N) is 1. The quantitative estimate of drug-likeness (QED) is 0.821. The molecule has 1 aromatic carbocycles. The Kier molecular flexibility index (Phi) is 4.89. The molecule has 0 aliphatic heterocycles. The van der Waals surface area contributed by atoms with E-state index >= 15 is 0 Å². The van der Waals surface area contributed by atoms with E-state index in [9.17, 15) is 4.79 Å². The summed E-state index contributed by atoms with van der Waals surface area (Å²) in [4.78, 5) is 13.5. The Morgan fingerprint density at radius 3 is 2.71 bits per heavy atom. The Labute approximate surface area is 114 Å². The highest BCUT2D eigenvalue weighted by Gasteiger charge is 2.10. The molecule has 0 aromatic heterocycles. The van der Waals surface area contributed by atoms with Gasteiger partial charge in [0.1, 0.15) is 4.99 Å². The number of thiocarbonyl (C=S) groups is 1. The fourth-order valence-electron chi connectivity index (χ4n) is 1.35. The van der Waals surface area contributed by atoms with Crippen LogP contribution in [-0.4, -0.2) is 31.5 Å². The van der Waals surface area contributed by atoms with Gasteiger partial charge in [-0.3, -0.25) is 4.79 Å². The fraction of sp³-hybridized carbons (Fsp3) is 0.273. The van der Waals surface area contributed by atoms with Crippen LogP contribution in [0.1, 0.15) is 5.56 Å². The summed E-state index contributed by atoms with van der Waals surface area (Å²) in [6, 6.07) is 5.56. The highest BCUT2D eigenvalue weighted by Crippen LogP contribution is 2.26. The number of nitrogens with two attached hydrogens (primary N) is 1. The first kappa shape index (κ1) is 13.9. The van der Waals surface area contributed by atoms with Crippen molar-refractivity contribution in [3.8, 4) is 0 Å². The van der Waals surface area contributed by atoms with Crippen molar-refractivity contribution in [1.29, 1.82) is 0 Å². The van der Waals surface area contributed by atoms with Gasteiger partial charge >= 0.3 is 0 Å². The van der Waals surface area contributed by atoms with Gasteiger partial charge in [0.25, 0.3) is 0 Å². The second kappa shape index (κ2) is 5.97. The van der Waals surface area contributed by atoms with Crippen molar-refractivity contribution >= 4 is 44.7 Å². The minimum Gasteiger partial charge on any atom is -0.389 e. The van der Waals surface area contributed by atoms with E-state index in [1.54, 1.807) is 7.05 Å². The number of halogens is 1. The molecule has 0 unspecified atom stereocenters. The van der Waals surface area contributed by atoms with Crippen molar-refractivity contribution in [3.63, 3.8) is 0 Å². The van der Waals surface area contributed by atoms with Crippen molar-refractivity contribution < 1.29 is 4.79 Å². The summed E-state index contributed by atoms with van der Waals surface area (Å²) in [6.07, 6.45) is 0. The highest BCUT2D eigenvalue weighted by molar-refractivity contribution is 9.10. The number of hydrogen-bond donors (Lipinski definition) is 2. The minimum absolute atomic E-state index is 0.0437. The average Bonchev–Trinajstić information content (AvgIpc) is 2.28. The van der Waals surface area contributed by atoms with Crippen LogP contribution in [0.4, 0.5) is 5.69 Å². The zero-order chi connectivity index (χ0) is 13.0. The van der Waals surface area contributed by atoms with Crippen LogP contribution in [0.2, 0.25) is 0 Å². The molecule has 0 atom stereocenters. The maximum atomic E-state index is 11.3. The monoisotopic (exact) mass is 315 g/mol. The molecule has 0 saturated carbocycles. The SMILES string of the molecule is CNC(=O)CN(C)c1ccc(C(N)=S)cc1Br. The molecule has 3 N–H and O–H groups in total. The molecule has 0 aliphatic carbocycles. The summed E-state index contributed by atoms with van der Waals surface area (Å²) in [7, 11) is 3.46. The molecule has 0 heterocycles. The number of carbonyl (C=O) groups excluding carboxylic acids is 1. The molecule has 92 valence electrons. The Hall–Kier alpha value is -1.14. The standard InChI is InChI=1S/C11H14BrN3OS/c1-14-10(16)6-15(2)9-4-3-7(11(13)17)5-8(9)12/h3-5H,6H2,1-2H3,(H2,13,17)(H,14,16). The lowest BCUT2D eigenvalue weighted by atomic mass is 10.2. The van der Waals surface area contributed by atoms with Gasteiger partial charge in [-0.25, -0.2) is 0 Å². The molecule has 0 aliphatic rings. The molecule has 0 spiro atoms. The molecule has 1 amide bonds. The van der Waals surface area contributed by atoms with Crippen LogP contribution in [0.3, 0.4) is 0 Å². The van der Waals surface area contributed by atoms with E-state index in [0.717, 1.165) is 15.7 Å². The van der Waals surface area contributed by atoms with Gasteiger partial charge in [0, 0.05) is 24.1 Å². The minimum atomic E-state index is -0.0437. The van der Waals surface area contributed by atoms with Gasteiger partial charge in [0.2, 0.25) is 5.91 Å². The van der Waals surface area contributed by atoms with Crippen molar-refractivity contribution in [1.82, 2.24) is 5.32 Å². The van der Waals surface area contributed by atoms with E-state index < -0.39 is 0 Å². The van der Waals surface area contributed by atoms with Crippen LogP contribution >= 0.6 is 28.1 Å². The first-order valence-corrected chi connectivity index (χ1v) is 6.17. The molecule has 4 nitrogen and oxygen atoms in total. The number of benzene rings is 1. The Bertz CT molecular complexity index is 450. The van der Waals surface area contributed by atoms with Gasteiger partial charge in [-0.1, -0.05) is 12.2 Å². The summed E-state index contributed by atoms with van der Waals surface area (Å²) in [5.41, 5.74) is 7.25. The smallest absolute Gasteiger partial charge is 0.239 e. The summed E-state index contributed by atoms with van der Waals surface area (Å²) in [6.45, 7) is 0.293. The second-order valence-corrected chi connectivity index (χ2v) is 4.85. The summed E-state index contributed by atoms with van der Waals surface area (Å²) < 4.78 is 0.856. The van der Waals surface area contributed by atoms with E-state index in [1.807, 2.05) is 30.1 Å². The number of amides is 1. The maximum absolute atomic E-state index is 11.3. The van der Waals surface area contributed by atoms with Gasteiger partial charge in [-0.15, -0.1) is 0 Å². The van der Waals surface area contributed by atoms with Crippen molar-refractivity contribution in [2.75, 3.05) is 25.5 Å². The molecule has 6 heteroatoms. The lowest BCUT2D eigenvalue weighted by Gasteiger charge is -2.20. The molecule has 0 radical (unpaired) electrons. The number of anilines is 1. The second-order valence-electron chi connectivity index (χ2n) is 3.56. The maximum Gasteiger partial charge on any atom is 0.239 e. The topological polar surface area (TPSA) is 58.4 Å². The van der Waals surface area contributed by atoms with Crippen LogP contribution in [0.15, 0.2) is 22.7 Å². The highest BCUT2D eigenvalue weighted by atomic mass is 79.9. The first-order valence-electron chi connectivity index (χ1n) is 4.96.